The van der Waals surface area contributed by atoms with Gasteiger partial charge in [-0.05, 0) is 20.3 Å². The summed E-state index contributed by atoms with van der Waals surface area (Å²) in [6.07, 6.45) is 0.918. The van der Waals surface area contributed by atoms with Crippen molar-refractivity contribution in [2.45, 2.75) is 39.4 Å². The largest absolute Gasteiger partial charge is 0.465 e. The first-order valence-corrected chi connectivity index (χ1v) is 7.50. The second-order valence-electron chi connectivity index (χ2n) is 3.93. The molecule has 1 unspecified atom stereocenters. The summed E-state index contributed by atoms with van der Waals surface area (Å²) >= 11 is 1.42. The molecular formula is C13H22O5S. The van der Waals surface area contributed by atoms with Gasteiger partial charge in [0, 0.05) is 5.25 Å². The first kappa shape index (κ1) is 18.0. The van der Waals surface area contributed by atoms with Crippen LogP contribution in [-0.4, -0.2) is 41.9 Å². The Hall–Kier alpha value is -1.04. The van der Waals surface area contributed by atoms with Gasteiger partial charge in [-0.15, -0.1) is 0 Å². The highest BCUT2D eigenvalue weighted by molar-refractivity contribution is 8.00. The lowest BCUT2D eigenvalue weighted by molar-refractivity contribution is -0.163. The Morgan fingerprint density at radius 3 is 1.84 bits per heavy atom. The van der Waals surface area contributed by atoms with Crippen LogP contribution < -0.4 is 0 Å². The molecule has 0 aromatic heterocycles. The van der Waals surface area contributed by atoms with Crippen molar-refractivity contribution in [2.75, 3.05) is 19.0 Å². The third-order valence-electron chi connectivity index (χ3n) is 2.45. The molecule has 0 saturated heterocycles. The van der Waals surface area contributed by atoms with Crippen molar-refractivity contribution >= 4 is 29.5 Å². The highest BCUT2D eigenvalue weighted by atomic mass is 32.2. The number of rotatable bonds is 9. The third-order valence-corrected chi connectivity index (χ3v) is 3.81. The van der Waals surface area contributed by atoms with Gasteiger partial charge in [0.15, 0.2) is 5.78 Å². The fourth-order valence-electron chi connectivity index (χ4n) is 1.24. The van der Waals surface area contributed by atoms with E-state index in [-0.39, 0.29) is 19.0 Å². The number of ketones is 1. The zero-order valence-electron chi connectivity index (χ0n) is 11.9. The highest BCUT2D eigenvalue weighted by Crippen LogP contribution is 2.17. The predicted molar refractivity (Wildman–Crippen MR) is 74.0 cm³/mol. The number of carbonyl (C=O) groups is 3. The van der Waals surface area contributed by atoms with E-state index in [4.69, 9.17) is 9.47 Å². The van der Waals surface area contributed by atoms with Crippen LogP contribution >= 0.6 is 11.8 Å². The quantitative estimate of drug-likeness (QED) is 0.476. The third kappa shape index (κ3) is 6.61. The molecule has 0 spiro atoms. The van der Waals surface area contributed by atoms with Crippen LogP contribution in [0.4, 0.5) is 0 Å². The van der Waals surface area contributed by atoms with Gasteiger partial charge in [0.2, 0.25) is 5.92 Å². The molecule has 0 bridgehead atoms. The van der Waals surface area contributed by atoms with Crippen LogP contribution in [0.1, 0.15) is 34.1 Å². The number of hydrogen-bond donors (Lipinski definition) is 0. The number of esters is 2. The van der Waals surface area contributed by atoms with E-state index < -0.39 is 23.6 Å². The summed E-state index contributed by atoms with van der Waals surface area (Å²) in [5.41, 5.74) is 0. The van der Waals surface area contributed by atoms with Crippen molar-refractivity contribution in [3.05, 3.63) is 0 Å². The first-order chi connectivity index (χ1) is 8.97. The molecule has 0 aliphatic carbocycles. The minimum Gasteiger partial charge on any atom is -0.465 e. The van der Waals surface area contributed by atoms with E-state index in [0.717, 1.165) is 6.42 Å². The SMILES string of the molecule is CCOC(=O)C(C(=O)CSC(C)CC)C(=O)OCC. The molecular weight excluding hydrogens is 268 g/mol. The summed E-state index contributed by atoms with van der Waals surface area (Å²) in [5, 5.41) is 0.300. The van der Waals surface area contributed by atoms with Crippen molar-refractivity contribution in [3.8, 4) is 0 Å². The van der Waals surface area contributed by atoms with Gasteiger partial charge in [-0.25, -0.2) is 0 Å². The Balaban J connectivity index is 4.67. The number of hydrogen-bond acceptors (Lipinski definition) is 6. The monoisotopic (exact) mass is 290 g/mol. The highest BCUT2D eigenvalue weighted by Gasteiger charge is 2.36. The smallest absolute Gasteiger partial charge is 0.328 e. The zero-order chi connectivity index (χ0) is 14.8. The minimum absolute atomic E-state index is 0.108. The molecule has 0 aromatic rings. The molecule has 110 valence electrons. The maximum atomic E-state index is 12.0. The summed E-state index contributed by atoms with van der Waals surface area (Å²) < 4.78 is 9.51. The van der Waals surface area contributed by atoms with Gasteiger partial charge in [-0.2, -0.15) is 11.8 Å². The molecule has 1 atom stereocenters. The first-order valence-electron chi connectivity index (χ1n) is 6.45. The lowest BCUT2D eigenvalue weighted by Gasteiger charge is -2.14. The van der Waals surface area contributed by atoms with Crippen molar-refractivity contribution < 1.29 is 23.9 Å². The Morgan fingerprint density at radius 2 is 1.47 bits per heavy atom. The second kappa shape index (κ2) is 9.83. The molecule has 0 aromatic carbocycles. The number of carbonyl (C=O) groups excluding carboxylic acids is 3. The van der Waals surface area contributed by atoms with Crippen molar-refractivity contribution in [3.63, 3.8) is 0 Å². The zero-order valence-corrected chi connectivity index (χ0v) is 12.7. The predicted octanol–water partition coefficient (Wildman–Crippen LogP) is 1.83. The van der Waals surface area contributed by atoms with Crippen LogP contribution in [0.5, 0.6) is 0 Å². The molecule has 0 amide bonds. The second-order valence-corrected chi connectivity index (χ2v) is 5.36. The average Bonchev–Trinajstić information content (AvgIpc) is 2.36. The van der Waals surface area contributed by atoms with Crippen LogP contribution in [0.3, 0.4) is 0 Å². The number of Topliss-reactive ketones (excluding diaryl/α,β-unsaturated/α-hetero) is 1. The standard InChI is InChI=1S/C13H22O5S/c1-5-9(4)19-8-10(14)11(12(15)17-6-2)13(16)18-7-3/h9,11H,5-8H2,1-4H3. The minimum atomic E-state index is -1.45. The fourth-order valence-corrected chi connectivity index (χ4v) is 2.09. The molecule has 0 rings (SSSR count). The molecule has 0 N–H and O–H groups in total. The molecule has 0 fully saturated rings. The van der Waals surface area contributed by atoms with E-state index in [2.05, 4.69) is 0 Å². The summed E-state index contributed by atoms with van der Waals surface area (Å²) in [6.45, 7) is 7.50. The lowest BCUT2D eigenvalue weighted by atomic mass is 10.1. The van der Waals surface area contributed by atoms with E-state index in [1.54, 1.807) is 13.8 Å². The molecule has 0 aliphatic heterocycles. The summed E-state index contributed by atoms with van der Waals surface area (Å²) in [6, 6.07) is 0. The van der Waals surface area contributed by atoms with Gasteiger partial charge in [-0.3, -0.25) is 14.4 Å². The summed E-state index contributed by atoms with van der Waals surface area (Å²) in [4.78, 5) is 35.3. The number of thioether (sulfide) groups is 1. The van der Waals surface area contributed by atoms with Crippen molar-refractivity contribution in [1.82, 2.24) is 0 Å². The molecule has 0 radical (unpaired) electrons. The Bertz CT molecular complexity index is 298. The average molecular weight is 290 g/mol. The molecule has 19 heavy (non-hydrogen) atoms. The van der Waals surface area contributed by atoms with E-state index in [9.17, 15) is 14.4 Å². The molecule has 5 nitrogen and oxygen atoms in total. The van der Waals surface area contributed by atoms with Crippen LogP contribution in [-0.2, 0) is 23.9 Å². The van der Waals surface area contributed by atoms with E-state index in [1.165, 1.54) is 11.8 Å². The van der Waals surface area contributed by atoms with Crippen LogP contribution in [0.2, 0.25) is 0 Å². The maximum absolute atomic E-state index is 12.0. The van der Waals surface area contributed by atoms with Gasteiger partial charge in [0.1, 0.15) is 0 Å². The lowest BCUT2D eigenvalue weighted by Crippen LogP contribution is -2.36. The normalized spacial score (nSPS) is 12.1. The van der Waals surface area contributed by atoms with Gasteiger partial charge >= 0.3 is 11.9 Å². The Labute approximate surface area is 118 Å². The van der Waals surface area contributed by atoms with Gasteiger partial charge in [-0.1, -0.05) is 13.8 Å². The van der Waals surface area contributed by atoms with E-state index in [1.807, 2.05) is 13.8 Å². The fraction of sp³-hybridized carbons (Fsp3) is 0.769. The summed E-state index contributed by atoms with van der Waals surface area (Å²) in [5.74, 6) is -3.44. The summed E-state index contributed by atoms with van der Waals surface area (Å²) in [7, 11) is 0. The van der Waals surface area contributed by atoms with Crippen molar-refractivity contribution in [1.29, 1.82) is 0 Å². The van der Waals surface area contributed by atoms with Crippen LogP contribution in [0.25, 0.3) is 0 Å². The molecule has 0 saturated carbocycles. The van der Waals surface area contributed by atoms with Gasteiger partial charge in [0.05, 0.1) is 19.0 Å². The Kier molecular flexibility index (Phi) is 9.30. The van der Waals surface area contributed by atoms with Gasteiger partial charge < -0.3 is 9.47 Å². The van der Waals surface area contributed by atoms with Gasteiger partial charge in [0.25, 0.3) is 0 Å². The topological polar surface area (TPSA) is 69.7 Å². The van der Waals surface area contributed by atoms with Crippen LogP contribution in [0.15, 0.2) is 0 Å². The van der Waals surface area contributed by atoms with E-state index >= 15 is 0 Å². The van der Waals surface area contributed by atoms with Crippen LogP contribution in [0, 0.1) is 5.92 Å². The Morgan fingerprint density at radius 1 is 1.00 bits per heavy atom. The molecule has 0 heterocycles. The maximum Gasteiger partial charge on any atom is 0.328 e. The van der Waals surface area contributed by atoms with Crippen molar-refractivity contribution in [2.24, 2.45) is 5.92 Å². The van der Waals surface area contributed by atoms with E-state index in [0.29, 0.717) is 5.25 Å². The molecule has 0 aliphatic rings. The number of ether oxygens (including phenoxy) is 2. The molecule has 6 heteroatoms.